The number of amides is 1. The summed E-state index contributed by atoms with van der Waals surface area (Å²) in [4.78, 5) is 21.6. The Balaban J connectivity index is 2.30. The Morgan fingerprint density at radius 1 is 1.17 bits per heavy atom. The largest absolute Gasteiger partial charge is 0.418 e. The van der Waals surface area contributed by atoms with Crippen LogP contribution in [0.2, 0.25) is 0 Å². The summed E-state index contributed by atoms with van der Waals surface area (Å²) in [5, 5.41) is 2.61. The highest BCUT2D eigenvalue weighted by atomic mass is 19.4. The first-order valence-corrected chi connectivity index (χ1v) is 7.41. The minimum atomic E-state index is -4.49. The van der Waals surface area contributed by atoms with Gasteiger partial charge in [0.15, 0.2) is 0 Å². The first-order chi connectivity index (χ1) is 11.4. The summed E-state index contributed by atoms with van der Waals surface area (Å²) < 4.78 is 39.1. The first kappa shape index (κ1) is 17.7. The summed E-state index contributed by atoms with van der Waals surface area (Å²) in [6.07, 6.45) is -3.34. The third kappa shape index (κ3) is 4.01. The lowest BCUT2D eigenvalue weighted by molar-refractivity contribution is -0.136. The Morgan fingerprint density at radius 2 is 1.83 bits per heavy atom. The molecule has 0 spiro atoms. The minimum absolute atomic E-state index is 0.122. The summed E-state index contributed by atoms with van der Waals surface area (Å²) in [6.45, 7) is 4.70. The zero-order valence-electron chi connectivity index (χ0n) is 13.3. The van der Waals surface area contributed by atoms with Crippen molar-refractivity contribution in [3.05, 3.63) is 47.9 Å². The number of benzene rings is 1. The molecule has 1 amide bonds. The van der Waals surface area contributed by atoms with Crippen molar-refractivity contribution in [2.45, 2.75) is 20.0 Å². The normalized spacial score (nSPS) is 11.2. The molecule has 0 atom stereocenters. The highest BCUT2D eigenvalue weighted by Crippen LogP contribution is 2.35. The van der Waals surface area contributed by atoms with Gasteiger partial charge in [0, 0.05) is 19.2 Å². The van der Waals surface area contributed by atoms with E-state index in [0.717, 1.165) is 12.4 Å². The van der Waals surface area contributed by atoms with Crippen LogP contribution < -0.4 is 5.32 Å². The second kappa shape index (κ2) is 7.29. The average Bonchev–Trinajstić information content (AvgIpc) is 2.55. The molecule has 1 heterocycles. The van der Waals surface area contributed by atoms with Crippen LogP contribution in [0.3, 0.4) is 0 Å². The van der Waals surface area contributed by atoms with Gasteiger partial charge in [-0.15, -0.1) is 0 Å². The number of anilines is 2. The third-order valence-corrected chi connectivity index (χ3v) is 3.43. The molecule has 24 heavy (non-hydrogen) atoms. The van der Waals surface area contributed by atoms with E-state index >= 15 is 0 Å². The van der Waals surface area contributed by atoms with E-state index in [-0.39, 0.29) is 23.1 Å². The molecule has 5 nitrogen and oxygen atoms in total. The van der Waals surface area contributed by atoms with Gasteiger partial charge in [-0.05, 0) is 26.0 Å². The minimum Gasteiger partial charge on any atom is -0.340 e. The van der Waals surface area contributed by atoms with Gasteiger partial charge in [-0.25, -0.2) is 9.97 Å². The molecule has 0 aliphatic carbocycles. The predicted molar refractivity (Wildman–Crippen MR) is 84.0 cm³/mol. The molecule has 1 aromatic carbocycles. The van der Waals surface area contributed by atoms with E-state index in [1.807, 2.05) is 13.8 Å². The fourth-order valence-electron chi connectivity index (χ4n) is 2.19. The van der Waals surface area contributed by atoms with Gasteiger partial charge in [0.05, 0.1) is 11.3 Å². The molecule has 1 aromatic heterocycles. The lowest BCUT2D eigenvalue weighted by atomic mass is 10.1. The van der Waals surface area contributed by atoms with Crippen molar-refractivity contribution in [3.8, 4) is 0 Å². The predicted octanol–water partition coefficient (Wildman–Crippen LogP) is 3.72. The Morgan fingerprint density at radius 3 is 2.46 bits per heavy atom. The molecule has 0 aliphatic rings. The van der Waals surface area contributed by atoms with Crippen molar-refractivity contribution in [3.63, 3.8) is 0 Å². The van der Waals surface area contributed by atoms with Crippen molar-refractivity contribution < 1.29 is 18.0 Å². The second-order valence-corrected chi connectivity index (χ2v) is 4.93. The fourth-order valence-corrected chi connectivity index (χ4v) is 2.19. The number of aromatic nitrogens is 2. The second-order valence-electron chi connectivity index (χ2n) is 4.93. The van der Waals surface area contributed by atoms with E-state index in [1.165, 1.54) is 24.3 Å². The van der Waals surface area contributed by atoms with Crippen LogP contribution in [0.25, 0.3) is 0 Å². The van der Waals surface area contributed by atoms with Crippen molar-refractivity contribution in [1.82, 2.24) is 14.9 Å². The number of hydrogen-bond donors (Lipinski definition) is 1. The molecule has 2 aromatic rings. The van der Waals surface area contributed by atoms with Gasteiger partial charge in [0.1, 0.15) is 17.8 Å². The number of para-hydroxylation sites is 1. The van der Waals surface area contributed by atoms with Gasteiger partial charge in [-0.2, -0.15) is 13.2 Å². The van der Waals surface area contributed by atoms with Crippen LogP contribution in [0, 0.1) is 0 Å². The van der Waals surface area contributed by atoms with Crippen molar-refractivity contribution in [2.24, 2.45) is 0 Å². The molecule has 1 N–H and O–H groups in total. The van der Waals surface area contributed by atoms with E-state index < -0.39 is 11.7 Å². The number of nitrogens with zero attached hydrogens (tertiary/aromatic N) is 3. The Bertz CT molecular complexity index is 714. The van der Waals surface area contributed by atoms with Gasteiger partial charge >= 0.3 is 6.18 Å². The van der Waals surface area contributed by atoms with Crippen molar-refractivity contribution in [2.75, 3.05) is 18.4 Å². The molecule has 0 saturated heterocycles. The highest BCUT2D eigenvalue weighted by molar-refractivity contribution is 5.93. The number of carbonyl (C=O) groups excluding carboxylic acids is 1. The molecule has 0 unspecified atom stereocenters. The number of nitrogens with one attached hydrogen (secondary N) is 1. The molecule has 8 heteroatoms. The molecule has 0 bridgehead atoms. The Hall–Kier alpha value is -2.64. The maximum atomic E-state index is 13.0. The van der Waals surface area contributed by atoms with Crippen LogP contribution in [-0.4, -0.2) is 33.9 Å². The Kier molecular flexibility index (Phi) is 5.38. The van der Waals surface area contributed by atoms with Crippen LogP contribution in [0.1, 0.15) is 29.9 Å². The van der Waals surface area contributed by atoms with Crippen LogP contribution in [-0.2, 0) is 6.18 Å². The van der Waals surface area contributed by atoms with Crippen LogP contribution in [0.4, 0.5) is 24.7 Å². The number of carbonyl (C=O) groups is 1. The summed E-state index contributed by atoms with van der Waals surface area (Å²) >= 11 is 0. The lowest BCUT2D eigenvalue weighted by Gasteiger charge is -2.18. The molecule has 0 saturated carbocycles. The van der Waals surface area contributed by atoms with Gasteiger partial charge < -0.3 is 10.2 Å². The Labute approximate surface area is 137 Å². The standard InChI is InChI=1S/C16H17F3N4O/c1-3-23(4-2)15(24)13-9-14(21-10-20-13)22-12-8-6-5-7-11(12)16(17,18)19/h5-10H,3-4H2,1-2H3,(H,20,21,22). The van der Waals surface area contributed by atoms with E-state index in [1.54, 1.807) is 4.90 Å². The smallest absolute Gasteiger partial charge is 0.340 e. The topological polar surface area (TPSA) is 58.1 Å². The van der Waals surface area contributed by atoms with E-state index in [4.69, 9.17) is 0 Å². The zero-order valence-corrected chi connectivity index (χ0v) is 13.3. The average molecular weight is 338 g/mol. The van der Waals surface area contributed by atoms with Crippen LogP contribution in [0.5, 0.6) is 0 Å². The van der Waals surface area contributed by atoms with Gasteiger partial charge in [-0.3, -0.25) is 4.79 Å². The summed E-state index contributed by atoms with van der Waals surface area (Å²) in [5.41, 5.74) is -0.814. The first-order valence-electron chi connectivity index (χ1n) is 7.41. The molecule has 128 valence electrons. The van der Waals surface area contributed by atoms with Gasteiger partial charge in [-0.1, -0.05) is 12.1 Å². The number of hydrogen-bond acceptors (Lipinski definition) is 4. The summed E-state index contributed by atoms with van der Waals surface area (Å²) in [5.74, 6) is -0.174. The molecule has 0 radical (unpaired) electrons. The highest BCUT2D eigenvalue weighted by Gasteiger charge is 2.33. The van der Waals surface area contributed by atoms with Crippen LogP contribution in [0.15, 0.2) is 36.7 Å². The molecular weight excluding hydrogens is 321 g/mol. The maximum absolute atomic E-state index is 13.0. The quantitative estimate of drug-likeness (QED) is 0.903. The zero-order chi connectivity index (χ0) is 17.7. The number of alkyl halides is 3. The monoisotopic (exact) mass is 338 g/mol. The van der Waals surface area contributed by atoms with E-state index in [9.17, 15) is 18.0 Å². The lowest BCUT2D eigenvalue weighted by Crippen LogP contribution is -2.31. The van der Waals surface area contributed by atoms with E-state index in [2.05, 4.69) is 15.3 Å². The summed E-state index contributed by atoms with van der Waals surface area (Å²) in [6, 6.07) is 6.42. The molecule has 0 aliphatic heterocycles. The number of halogens is 3. The SMILES string of the molecule is CCN(CC)C(=O)c1cc(Nc2ccccc2C(F)(F)F)ncn1. The molecular formula is C16H17F3N4O. The fraction of sp³-hybridized carbons (Fsp3) is 0.312. The number of rotatable bonds is 5. The van der Waals surface area contributed by atoms with Gasteiger partial charge in [0.2, 0.25) is 0 Å². The third-order valence-electron chi connectivity index (χ3n) is 3.43. The molecule has 0 fully saturated rings. The van der Waals surface area contributed by atoms with E-state index in [0.29, 0.717) is 13.1 Å². The maximum Gasteiger partial charge on any atom is 0.418 e. The van der Waals surface area contributed by atoms with Crippen LogP contribution >= 0.6 is 0 Å². The molecule has 2 rings (SSSR count). The van der Waals surface area contributed by atoms with Gasteiger partial charge in [0.25, 0.3) is 5.91 Å². The summed E-state index contributed by atoms with van der Waals surface area (Å²) in [7, 11) is 0. The van der Waals surface area contributed by atoms with Crippen molar-refractivity contribution in [1.29, 1.82) is 0 Å². The van der Waals surface area contributed by atoms with Crippen molar-refractivity contribution >= 4 is 17.4 Å².